The Morgan fingerprint density at radius 2 is 1.93 bits per heavy atom. The van der Waals surface area contributed by atoms with E-state index < -0.39 is 17.4 Å². The van der Waals surface area contributed by atoms with Crippen molar-refractivity contribution in [2.75, 3.05) is 16.8 Å². The fraction of sp³-hybridized carbons (Fsp3) is 0.211. The van der Waals surface area contributed by atoms with Crippen molar-refractivity contribution in [3.63, 3.8) is 0 Å². The SMILES string of the molecule is CCN1C(=O)C2(N=C(N)NC(Nc3cccc(C(F)(F)F)c3)=N2)c2ccccc21. The lowest BCUT2D eigenvalue weighted by Gasteiger charge is -2.27. The van der Waals surface area contributed by atoms with Crippen LogP contribution in [-0.2, 0) is 16.6 Å². The molecule has 0 radical (unpaired) electrons. The highest BCUT2D eigenvalue weighted by atomic mass is 19.4. The minimum atomic E-state index is -4.48. The number of hydrogen-bond acceptors (Lipinski definition) is 6. The van der Waals surface area contributed by atoms with Crippen molar-refractivity contribution in [3.05, 3.63) is 59.7 Å². The normalized spacial score (nSPS) is 20.8. The zero-order chi connectivity index (χ0) is 20.8. The van der Waals surface area contributed by atoms with Crippen LogP contribution in [0, 0.1) is 0 Å². The van der Waals surface area contributed by atoms with Crippen LogP contribution in [0.5, 0.6) is 0 Å². The number of aliphatic imine (C=N–C) groups is 2. The molecule has 2 aromatic carbocycles. The van der Waals surface area contributed by atoms with Crippen molar-refractivity contribution in [2.24, 2.45) is 15.7 Å². The third-order valence-corrected chi connectivity index (χ3v) is 4.68. The van der Waals surface area contributed by atoms with E-state index >= 15 is 0 Å². The minimum Gasteiger partial charge on any atom is -0.370 e. The first kappa shape index (κ1) is 18.8. The molecule has 7 nitrogen and oxygen atoms in total. The number of amides is 1. The van der Waals surface area contributed by atoms with Crippen LogP contribution in [0.15, 0.2) is 58.5 Å². The Morgan fingerprint density at radius 1 is 1.17 bits per heavy atom. The number of carbonyl (C=O) groups excluding carboxylic acids is 1. The van der Waals surface area contributed by atoms with Crippen LogP contribution in [0.25, 0.3) is 0 Å². The summed E-state index contributed by atoms with van der Waals surface area (Å²) in [4.78, 5) is 23.4. The first-order valence-corrected chi connectivity index (χ1v) is 8.82. The van der Waals surface area contributed by atoms with Gasteiger partial charge in [-0.25, -0.2) is 9.98 Å². The highest BCUT2D eigenvalue weighted by Crippen LogP contribution is 2.44. The summed E-state index contributed by atoms with van der Waals surface area (Å²) in [7, 11) is 0. The molecule has 2 heterocycles. The van der Waals surface area contributed by atoms with Crippen molar-refractivity contribution in [1.82, 2.24) is 5.32 Å². The summed E-state index contributed by atoms with van der Waals surface area (Å²) >= 11 is 0. The van der Waals surface area contributed by atoms with Crippen molar-refractivity contribution in [2.45, 2.75) is 18.8 Å². The Hall–Kier alpha value is -3.56. The lowest BCUT2D eigenvalue weighted by atomic mass is 10.0. The number of likely N-dealkylation sites (N-methyl/N-ethyl adjacent to an activating group) is 1. The first-order chi connectivity index (χ1) is 13.7. The number of nitrogens with one attached hydrogen (secondary N) is 2. The molecule has 150 valence electrons. The summed E-state index contributed by atoms with van der Waals surface area (Å²) in [6, 6.07) is 11.7. The molecule has 4 N–H and O–H groups in total. The number of anilines is 2. The molecule has 1 amide bonds. The Morgan fingerprint density at radius 3 is 2.66 bits per heavy atom. The van der Waals surface area contributed by atoms with Crippen LogP contribution < -0.4 is 21.3 Å². The Balaban J connectivity index is 1.76. The highest BCUT2D eigenvalue weighted by Gasteiger charge is 2.52. The molecule has 1 atom stereocenters. The summed E-state index contributed by atoms with van der Waals surface area (Å²) in [6.45, 7) is 2.24. The van der Waals surface area contributed by atoms with E-state index in [9.17, 15) is 18.0 Å². The maximum absolute atomic E-state index is 13.2. The van der Waals surface area contributed by atoms with Gasteiger partial charge in [-0.05, 0) is 31.2 Å². The van der Waals surface area contributed by atoms with E-state index in [4.69, 9.17) is 5.73 Å². The zero-order valence-electron chi connectivity index (χ0n) is 15.3. The molecule has 2 aliphatic heterocycles. The van der Waals surface area contributed by atoms with Gasteiger partial charge in [0.25, 0.3) is 11.6 Å². The molecule has 10 heteroatoms. The van der Waals surface area contributed by atoms with Gasteiger partial charge in [-0.1, -0.05) is 24.3 Å². The monoisotopic (exact) mass is 402 g/mol. The summed E-state index contributed by atoms with van der Waals surface area (Å²) in [5, 5.41) is 5.44. The molecule has 0 saturated carbocycles. The second-order valence-corrected chi connectivity index (χ2v) is 6.52. The lowest BCUT2D eigenvalue weighted by Crippen LogP contribution is -2.51. The number of fused-ring (bicyclic) bond motifs is 2. The van der Waals surface area contributed by atoms with Gasteiger partial charge in [0, 0.05) is 17.8 Å². The standard InChI is InChI=1S/C19H17F3N6O/c1-2-28-14-9-4-3-8-13(14)18(15(28)29)26-16(23)25-17(27-18)24-12-7-5-6-11(10-12)19(20,21)22/h3-10H,2H2,1H3,(H4,23,24,25,26,27). The predicted octanol–water partition coefficient (Wildman–Crippen LogP) is 2.61. The second kappa shape index (κ2) is 6.50. The molecule has 1 unspecified atom stereocenters. The lowest BCUT2D eigenvalue weighted by molar-refractivity contribution is -0.137. The van der Waals surface area contributed by atoms with E-state index in [0.717, 1.165) is 12.1 Å². The number of para-hydroxylation sites is 1. The maximum atomic E-state index is 13.2. The topological polar surface area (TPSA) is 95.1 Å². The number of halogens is 3. The third kappa shape index (κ3) is 3.06. The van der Waals surface area contributed by atoms with E-state index in [2.05, 4.69) is 20.6 Å². The fourth-order valence-electron chi connectivity index (χ4n) is 3.45. The molecule has 1 spiro atoms. The zero-order valence-corrected chi connectivity index (χ0v) is 15.3. The van der Waals surface area contributed by atoms with E-state index in [-0.39, 0.29) is 23.5 Å². The summed E-state index contributed by atoms with van der Waals surface area (Å²) in [5.41, 5.74) is 4.84. The second-order valence-electron chi connectivity index (χ2n) is 6.52. The van der Waals surface area contributed by atoms with Crippen molar-refractivity contribution in [3.8, 4) is 0 Å². The molecule has 0 aromatic heterocycles. The van der Waals surface area contributed by atoms with Crippen LogP contribution in [-0.4, -0.2) is 24.4 Å². The Bertz CT molecular complexity index is 1050. The van der Waals surface area contributed by atoms with Gasteiger partial charge in [-0.2, -0.15) is 13.2 Å². The average molecular weight is 402 g/mol. The number of benzene rings is 2. The largest absolute Gasteiger partial charge is 0.416 e. The van der Waals surface area contributed by atoms with Crippen LogP contribution in [0.4, 0.5) is 24.5 Å². The first-order valence-electron chi connectivity index (χ1n) is 8.82. The molecular weight excluding hydrogens is 385 g/mol. The molecular formula is C19H17F3N6O. The number of rotatable bonds is 2. The number of hydrogen-bond donors (Lipinski definition) is 3. The highest BCUT2D eigenvalue weighted by molar-refractivity contribution is 6.14. The summed E-state index contributed by atoms with van der Waals surface area (Å²) < 4.78 is 39.0. The van der Waals surface area contributed by atoms with Gasteiger partial charge in [-0.3, -0.25) is 10.1 Å². The van der Waals surface area contributed by atoms with Crippen LogP contribution in [0.1, 0.15) is 18.1 Å². The molecule has 2 aliphatic rings. The van der Waals surface area contributed by atoms with Crippen LogP contribution >= 0.6 is 0 Å². The van der Waals surface area contributed by atoms with Crippen molar-refractivity contribution >= 4 is 29.2 Å². The predicted molar refractivity (Wildman–Crippen MR) is 103 cm³/mol. The molecule has 29 heavy (non-hydrogen) atoms. The quantitative estimate of drug-likeness (QED) is 0.720. The molecule has 0 saturated heterocycles. The summed E-state index contributed by atoms with van der Waals surface area (Å²) in [5.74, 6) is -0.428. The molecule has 4 rings (SSSR count). The van der Waals surface area contributed by atoms with Crippen molar-refractivity contribution in [1.29, 1.82) is 0 Å². The molecule has 0 fully saturated rings. The number of nitrogens with two attached hydrogens (primary N) is 1. The minimum absolute atomic E-state index is 0.0259. The number of nitrogens with zero attached hydrogens (tertiary/aromatic N) is 3. The number of alkyl halides is 3. The third-order valence-electron chi connectivity index (χ3n) is 4.68. The van der Waals surface area contributed by atoms with E-state index in [0.29, 0.717) is 17.8 Å². The van der Waals surface area contributed by atoms with Gasteiger partial charge < -0.3 is 16.0 Å². The Kier molecular flexibility index (Phi) is 4.21. The smallest absolute Gasteiger partial charge is 0.370 e. The van der Waals surface area contributed by atoms with Gasteiger partial charge in [0.2, 0.25) is 5.96 Å². The van der Waals surface area contributed by atoms with Gasteiger partial charge in [0.15, 0.2) is 5.96 Å². The number of carbonyl (C=O) groups is 1. The van der Waals surface area contributed by atoms with Crippen LogP contribution in [0.3, 0.4) is 0 Å². The number of guanidine groups is 2. The van der Waals surface area contributed by atoms with Gasteiger partial charge >= 0.3 is 6.18 Å². The van der Waals surface area contributed by atoms with Crippen molar-refractivity contribution < 1.29 is 18.0 Å². The fourth-order valence-corrected chi connectivity index (χ4v) is 3.45. The summed E-state index contributed by atoms with van der Waals surface area (Å²) in [6.07, 6.45) is -4.48. The van der Waals surface area contributed by atoms with Gasteiger partial charge in [0.05, 0.1) is 11.3 Å². The molecule has 0 aliphatic carbocycles. The van der Waals surface area contributed by atoms with E-state index in [1.165, 1.54) is 12.1 Å². The average Bonchev–Trinajstić information content (AvgIpc) is 2.88. The molecule has 0 bridgehead atoms. The molecule has 2 aromatic rings. The van der Waals surface area contributed by atoms with Gasteiger partial charge in [0.1, 0.15) is 0 Å². The maximum Gasteiger partial charge on any atom is 0.416 e. The van der Waals surface area contributed by atoms with Gasteiger partial charge in [-0.15, -0.1) is 0 Å². The Labute approximate surface area is 164 Å². The van der Waals surface area contributed by atoms with Crippen LogP contribution in [0.2, 0.25) is 0 Å². The van der Waals surface area contributed by atoms with E-state index in [1.807, 2.05) is 6.92 Å². The van der Waals surface area contributed by atoms with E-state index in [1.54, 1.807) is 29.2 Å².